The molecule has 0 aromatic rings. The molecular weight excluding hydrogens is 212 g/mol. The molecule has 3 rings (SSSR count). The second kappa shape index (κ2) is 6.50. The number of ketones is 1. The summed E-state index contributed by atoms with van der Waals surface area (Å²) < 4.78 is 0. The third-order valence-electron chi connectivity index (χ3n) is 4.17. The van der Waals surface area contributed by atoms with Crippen LogP contribution in [-0.2, 0) is 4.79 Å². The minimum atomic E-state index is 0.373. The number of carbonyl (C=O) groups is 1. The molecule has 1 aliphatic heterocycles. The van der Waals surface area contributed by atoms with E-state index in [1.165, 1.54) is 51.6 Å². The van der Waals surface area contributed by atoms with Gasteiger partial charge in [-0.3, -0.25) is 15.4 Å². The predicted octanol–water partition coefficient (Wildman–Crippen LogP) is 2.36. The van der Waals surface area contributed by atoms with Gasteiger partial charge in [0.15, 0.2) is 0 Å². The Morgan fingerprint density at radius 3 is 1.76 bits per heavy atom. The van der Waals surface area contributed by atoms with E-state index in [4.69, 9.17) is 0 Å². The molecule has 3 heteroatoms. The summed E-state index contributed by atoms with van der Waals surface area (Å²) in [7, 11) is 0. The second-order valence-corrected chi connectivity index (χ2v) is 5.60. The van der Waals surface area contributed by atoms with Crippen LogP contribution in [0.2, 0.25) is 0 Å². The molecular formula is C14H26N2O. The third kappa shape index (κ3) is 4.07. The Bertz CT molecular complexity index is 231. The molecule has 0 amide bonds. The van der Waals surface area contributed by atoms with Crippen LogP contribution in [0.4, 0.5) is 0 Å². The molecule has 3 nitrogen and oxygen atoms in total. The zero-order valence-corrected chi connectivity index (χ0v) is 10.9. The van der Waals surface area contributed by atoms with Crippen molar-refractivity contribution in [1.82, 2.24) is 10.6 Å². The van der Waals surface area contributed by atoms with Crippen LogP contribution in [0.5, 0.6) is 0 Å². The van der Waals surface area contributed by atoms with Crippen LogP contribution in [-0.4, -0.2) is 24.5 Å². The van der Waals surface area contributed by atoms with Crippen molar-refractivity contribution in [1.29, 1.82) is 0 Å². The molecule has 98 valence electrons. The molecule has 0 radical (unpaired) electrons. The van der Waals surface area contributed by atoms with Crippen molar-refractivity contribution in [2.75, 3.05) is 13.1 Å². The molecule has 0 aromatic carbocycles. The lowest BCUT2D eigenvalue weighted by Crippen LogP contribution is -2.50. The third-order valence-corrected chi connectivity index (χ3v) is 4.17. The van der Waals surface area contributed by atoms with Gasteiger partial charge in [0.2, 0.25) is 0 Å². The van der Waals surface area contributed by atoms with Gasteiger partial charge in [0.1, 0.15) is 5.78 Å². The highest BCUT2D eigenvalue weighted by atomic mass is 16.1. The van der Waals surface area contributed by atoms with Gasteiger partial charge >= 0.3 is 0 Å². The summed E-state index contributed by atoms with van der Waals surface area (Å²) in [6.45, 7) is 2.33. The predicted molar refractivity (Wildman–Crippen MR) is 69.9 cm³/mol. The summed E-state index contributed by atoms with van der Waals surface area (Å²) in [5, 5.41) is 7.12. The van der Waals surface area contributed by atoms with Crippen molar-refractivity contribution in [2.24, 2.45) is 0 Å². The normalized spacial score (nSPS) is 27.6. The summed E-state index contributed by atoms with van der Waals surface area (Å²) >= 11 is 0. The van der Waals surface area contributed by atoms with Gasteiger partial charge in [-0.15, -0.1) is 0 Å². The Morgan fingerprint density at radius 2 is 1.29 bits per heavy atom. The number of Topliss-reactive ketones (excluding diaryl/α,β-unsaturated/α-hetero) is 1. The van der Waals surface area contributed by atoms with Gasteiger partial charge in [-0.05, 0) is 25.7 Å². The fraction of sp³-hybridized carbons (Fsp3) is 0.929. The van der Waals surface area contributed by atoms with Gasteiger partial charge in [0, 0.05) is 25.9 Å². The van der Waals surface area contributed by atoms with Gasteiger partial charge in [0.05, 0.1) is 5.66 Å². The maximum Gasteiger partial charge on any atom is 0.132 e. The fourth-order valence-electron chi connectivity index (χ4n) is 3.12. The van der Waals surface area contributed by atoms with E-state index in [1.54, 1.807) is 0 Å². The van der Waals surface area contributed by atoms with Crippen molar-refractivity contribution in [3.05, 3.63) is 0 Å². The number of hydrogen-bond acceptors (Lipinski definition) is 3. The fourth-order valence-corrected chi connectivity index (χ4v) is 3.12. The van der Waals surface area contributed by atoms with Gasteiger partial charge in [0.25, 0.3) is 0 Å². The highest BCUT2D eigenvalue weighted by molar-refractivity contribution is 5.78. The maximum absolute atomic E-state index is 10.5. The van der Waals surface area contributed by atoms with Crippen molar-refractivity contribution in [3.8, 4) is 0 Å². The van der Waals surface area contributed by atoms with Crippen molar-refractivity contribution in [2.45, 2.75) is 69.9 Å². The highest BCUT2D eigenvalue weighted by Gasteiger charge is 2.33. The summed E-state index contributed by atoms with van der Waals surface area (Å²) in [5.74, 6) is 0.464. The molecule has 2 N–H and O–H groups in total. The molecule has 1 saturated heterocycles. The summed E-state index contributed by atoms with van der Waals surface area (Å²) in [4.78, 5) is 10.5. The van der Waals surface area contributed by atoms with E-state index in [0.29, 0.717) is 11.4 Å². The van der Waals surface area contributed by atoms with Crippen LogP contribution in [0.25, 0.3) is 0 Å². The van der Waals surface area contributed by atoms with Crippen molar-refractivity contribution < 1.29 is 4.79 Å². The topological polar surface area (TPSA) is 41.1 Å². The van der Waals surface area contributed by atoms with E-state index in [1.807, 2.05) is 0 Å². The van der Waals surface area contributed by atoms with Crippen molar-refractivity contribution >= 4 is 5.78 Å². The molecule has 0 atom stereocenters. The van der Waals surface area contributed by atoms with Gasteiger partial charge in [-0.2, -0.15) is 0 Å². The molecule has 1 heterocycles. The minimum absolute atomic E-state index is 0.373. The lowest BCUT2D eigenvalue weighted by molar-refractivity contribution is -0.120. The van der Waals surface area contributed by atoms with Crippen LogP contribution in [0.3, 0.4) is 0 Å². The largest absolute Gasteiger partial charge is 0.300 e. The monoisotopic (exact) mass is 238 g/mol. The Hall–Kier alpha value is -0.410. The summed E-state index contributed by atoms with van der Waals surface area (Å²) in [5.41, 5.74) is 0.373. The van der Waals surface area contributed by atoms with Crippen LogP contribution < -0.4 is 10.6 Å². The Balaban J connectivity index is 0.000000136. The SMILES string of the molecule is C1CCC2(CC1)NCCN2.O=C1CCCCC1. The molecule has 3 aliphatic rings. The maximum atomic E-state index is 10.5. The second-order valence-electron chi connectivity index (χ2n) is 5.60. The number of nitrogens with one attached hydrogen (secondary N) is 2. The van der Waals surface area contributed by atoms with E-state index < -0.39 is 0 Å². The first-order chi connectivity index (χ1) is 8.31. The molecule has 2 saturated carbocycles. The standard InChI is InChI=1S/C8H16N2.C6H10O/c1-2-4-8(5-3-1)9-6-7-10-8;7-6-4-2-1-3-5-6/h9-10H,1-7H2;1-5H2. The van der Waals surface area contributed by atoms with E-state index in [2.05, 4.69) is 10.6 Å². The molecule has 2 aliphatic carbocycles. The van der Waals surface area contributed by atoms with Crippen LogP contribution >= 0.6 is 0 Å². The molecule has 0 aromatic heterocycles. The average Bonchev–Trinajstić information content (AvgIpc) is 2.80. The highest BCUT2D eigenvalue weighted by Crippen LogP contribution is 2.26. The van der Waals surface area contributed by atoms with Crippen LogP contribution in [0, 0.1) is 0 Å². The first-order valence-corrected chi connectivity index (χ1v) is 7.33. The first kappa shape index (κ1) is 13.0. The summed E-state index contributed by atoms with van der Waals surface area (Å²) in [6.07, 6.45) is 12.2. The molecule has 1 spiro atoms. The van der Waals surface area contributed by atoms with Crippen molar-refractivity contribution in [3.63, 3.8) is 0 Å². The Morgan fingerprint density at radius 1 is 0.765 bits per heavy atom. The molecule has 3 fully saturated rings. The Labute approximate surface area is 105 Å². The number of hydrogen-bond donors (Lipinski definition) is 2. The Kier molecular flexibility index (Phi) is 4.99. The average molecular weight is 238 g/mol. The van der Waals surface area contributed by atoms with E-state index in [9.17, 15) is 4.79 Å². The van der Waals surface area contributed by atoms with Gasteiger partial charge < -0.3 is 0 Å². The van der Waals surface area contributed by atoms with E-state index >= 15 is 0 Å². The smallest absolute Gasteiger partial charge is 0.132 e. The van der Waals surface area contributed by atoms with E-state index in [-0.39, 0.29) is 0 Å². The van der Waals surface area contributed by atoms with E-state index in [0.717, 1.165) is 25.7 Å². The minimum Gasteiger partial charge on any atom is -0.300 e. The zero-order chi connectivity index (χ0) is 12.0. The molecule has 0 unspecified atom stereocenters. The lowest BCUT2D eigenvalue weighted by atomic mass is 9.90. The quantitative estimate of drug-likeness (QED) is 0.680. The van der Waals surface area contributed by atoms with Crippen LogP contribution in [0.15, 0.2) is 0 Å². The first-order valence-electron chi connectivity index (χ1n) is 7.33. The summed E-state index contributed by atoms with van der Waals surface area (Å²) in [6, 6.07) is 0. The lowest BCUT2D eigenvalue weighted by Gasteiger charge is -2.33. The van der Waals surface area contributed by atoms with Gasteiger partial charge in [-0.1, -0.05) is 25.7 Å². The molecule has 17 heavy (non-hydrogen) atoms. The van der Waals surface area contributed by atoms with Crippen LogP contribution in [0.1, 0.15) is 64.2 Å². The number of carbonyl (C=O) groups excluding carboxylic acids is 1. The number of rotatable bonds is 0. The zero-order valence-electron chi connectivity index (χ0n) is 10.9. The molecule has 0 bridgehead atoms. The van der Waals surface area contributed by atoms with Gasteiger partial charge in [-0.25, -0.2) is 0 Å².